The van der Waals surface area contributed by atoms with Crippen LogP contribution in [0.2, 0.25) is 0 Å². The summed E-state index contributed by atoms with van der Waals surface area (Å²) in [6.07, 6.45) is 0.766. The number of likely N-dealkylation sites (N-methyl/N-ethyl adjacent to an activating group) is 1. The smallest absolute Gasteiger partial charge is 0.323 e. The minimum Gasteiger partial charge on any atom is -0.458 e. The monoisotopic (exact) mass is 143 g/mol. The van der Waals surface area contributed by atoms with Crippen LogP contribution in [0.15, 0.2) is 0 Å². The molecule has 3 nitrogen and oxygen atoms in total. The normalized spacial score (nSPS) is 30.3. The zero-order valence-corrected chi connectivity index (χ0v) is 6.60. The van der Waals surface area contributed by atoms with Gasteiger partial charge >= 0.3 is 5.97 Å². The van der Waals surface area contributed by atoms with E-state index in [4.69, 9.17) is 4.74 Å². The molecule has 0 aromatic rings. The first-order chi connectivity index (χ1) is 4.55. The summed E-state index contributed by atoms with van der Waals surface area (Å²) in [6.45, 7) is 3.84. The van der Waals surface area contributed by atoms with Crippen molar-refractivity contribution in [3.05, 3.63) is 0 Å². The van der Waals surface area contributed by atoms with Crippen LogP contribution in [0, 0.1) is 0 Å². The first kappa shape index (κ1) is 7.54. The molecular weight excluding hydrogens is 130 g/mol. The van der Waals surface area contributed by atoms with Crippen molar-refractivity contribution in [2.75, 3.05) is 7.05 Å². The first-order valence-electron chi connectivity index (χ1n) is 3.45. The largest absolute Gasteiger partial charge is 0.458 e. The second-order valence-corrected chi connectivity index (χ2v) is 3.23. The van der Waals surface area contributed by atoms with Gasteiger partial charge in [-0.15, -0.1) is 0 Å². The molecule has 0 saturated carbocycles. The van der Waals surface area contributed by atoms with Crippen molar-refractivity contribution in [2.45, 2.75) is 31.9 Å². The van der Waals surface area contributed by atoms with Gasteiger partial charge in [-0.05, 0) is 20.9 Å². The third-order valence-electron chi connectivity index (χ3n) is 1.71. The summed E-state index contributed by atoms with van der Waals surface area (Å²) in [6, 6.07) is -0.102. The van der Waals surface area contributed by atoms with Crippen molar-refractivity contribution < 1.29 is 9.53 Å². The fourth-order valence-electron chi connectivity index (χ4n) is 1.18. The lowest BCUT2D eigenvalue weighted by Gasteiger charge is -2.14. The van der Waals surface area contributed by atoms with Gasteiger partial charge in [0.15, 0.2) is 0 Å². The molecule has 10 heavy (non-hydrogen) atoms. The van der Waals surface area contributed by atoms with E-state index in [1.54, 1.807) is 7.05 Å². The number of carbonyl (C=O) groups is 1. The highest BCUT2D eigenvalue weighted by molar-refractivity contribution is 5.78. The van der Waals surface area contributed by atoms with Gasteiger partial charge < -0.3 is 10.1 Å². The summed E-state index contributed by atoms with van der Waals surface area (Å²) in [5, 5.41) is 2.89. The number of nitrogens with one attached hydrogen (secondary N) is 1. The molecule has 0 amide bonds. The van der Waals surface area contributed by atoms with Crippen LogP contribution in [0.3, 0.4) is 0 Å². The maximum absolute atomic E-state index is 10.9. The van der Waals surface area contributed by atoms with Gasteiger partial charge in [0.2, 0.25) is 0 Å². The Morgan fingerprint density at radius 3 is 2.50 bits per heavy atom. The number of hydrogen-bond donors (Lipinski definition) is 1. The summed E-state index contributed by atoms with van der Waals surface area (Å²) in [5.41, 5.74) is -0.273. The van der Waals surface area contributed by atoms with E-state index < -0.39 is 0 Å². The zero-order valence-electron chi connectivity index (χ0n) is 6.60. The topological polar surface area (TPSA) is 38.3 Å². The van der Waals surface area contributed by atoms with Crippen molar-refractivity contribution in [3.8, 4) is 0 Å². The molecule has 1 atom stereocenters. The Morgan fingerprint density at radius 1 is 1.70 bits per heavy atom. The molecular formula is C7H13NO2. The average Bonchev–Trinajstić information content (AvgIpc) is 2.05. The Morgan fingerprint density at radius 2 is 2.30 bits per heavy atom. The van der Waals surface area contributed by atoms with Crippen LogP contribution < -0.4 is 5.32 Å². The number of carbonyl (C=O) groups excluding carboxylic acids is 1. The molecule has 0 bridgehead atoms. The summed E-state index contributed by atoms with van der Waals surface area (Å²) in [4.78, 5) is 10.9. The fraction of sp³-hybridized carbons (Fsp3) is 0.857. The molecule has 1 saturated heterocycles. The Hall–Kier alpha value is -0.570. The van der Waals surface area contributed by atoms with E-state index in [0.717, 1.165) is 6.42 Å². The lowest BCUT2D eigenvalue weighted by Crippen LogP contribution is -2.29. The van der Waals surface area contributed by atoms with E-state index in [1.807, 2.05) is 13.8 Å². The quantitative estimate of drug-likeness (QED) is 0.536. The lowest BCUT2D eigenvalue weighted by molar-refractivity contribution is -0.147. The highest BCUT2D eigenvalue weighted by Crippen LogP contribution is 2.24. The second-order valence-electron chi connectivity index (χ2n) is 3.23. The van der Waals surface area contributed by atoms with Crippen molar-refractivity contribution in [3.63, 3.8) is 0 Å². The first-order valence-corrected chi connectivity index (χ1v) is 3.45. The standard InChI is InChI=1S/C7H13NO2/c1-7(2)4-5(8-3)6(9)10-7/h5,8H,4H2,1-3H3/t5-/m1/s1. The van der Waals surface area contributed by atoms with E-state index in [0.29, 0.717) is 0 Å². The molecule has 0 aromatic carbocycles. The summed E-state index contributed by atoms with van der Waals surface area (Å²) in [5.74, 6) is -0.132. The highest BCUT2D eigenvalue weighted by Gasteiger charge is 2.38. The predicted molar refractivity (Wildman–Crippen MR) is 37.6 cm³/mol. The summed E-state index contributed by atoms with van der Waals surface area (Å²) < 4.78 is 5.05. The fourth-order valence-corrected chi connectivity index (χ4v) is 1.18. The molecule has 1 aliphatic rings. The Bertz CT molecular complexity index is 154. The van der Waals surface area contributed by atoms with Gasteiger partial charge in [0.1, 0.15) is 11.6 Å². The van der Waals surface area contributed by atoms with Gasteiger partial charge in [-0.2, -0.15) is 0 Å². The van der Waals surface area contributed by atoms with Gasteiger partial charge in [0.25, 0.3) is 0 Å². The van der Waals surface area contributed by atoms with Crippen LogP contribution in [-0.4, -0.2) is 24.7 Å². The summed E-state index contributed by atoms with van der Waals surface area (Å²) >= 11 is 0. The van der Waals surface area contributed by atoms with Gasteiger partial charge in [0.05, 0.1) is 0 Å². The molecule has 1 fully saturated rings. The van der Waals surface area contributed by atoms with Crippen LogP contribution in [-0.2, 0) is 9.53 Å². The lowest BCUT2D eigenvalue weighted by atomic mass is 10.0. The number of hydrogen-bond acceptors (Lipinski definition) is 3. The molecule has 1 heterocycles. The predicted octanol–water partition coefficient (Wildman–Crippen LogP) is 0.300. The van der Waals surface area contributed by atoms with Gasteiger partial charge in [-0.25, -0.2) is 0 Å². The molecule has 1 N–H and O–H groups in total. The maximum atomic E-state index is 10.9. The molecule has 0 aromatic heterocycles. The van der Waals surface area contributed by atoms with E-state index in [2.05, 4.69) is 5.32 Å². The third kappa shape index (κ3) is 1.29. The highest BCUT2D eigenvalue weighted by atomic mass is 16.6. The van der Waals surface area contributed by atoms with Crippen molar-refractivity contribution in [2.24, 2.45) is 0 Å². The minimum absolute atomic E-state index is 0.102. The van der Waals surface area contributed by atoms with Crippen LogP contribution in [0.5, 0.6) is 0 Å². The van der Waals surface area contributed by atoms with E-state index in [9.17, 15) is 4.79 Å². The molecule has 3 heteroatoms. The van der Waals surface area contributed by atoms with Crippen LogP contribution in [0.25, 0.3) is 0 Å². The molecule has 0 unspecified atom stereocenters. The number of esters is 1. The van der Waals surface area contributed by atoms with Crippen LogP contribution >= 0.6 is 0 Å². The molecule has 1 aliphatic heterocycles. The number of cyclic esters (lactones) is 1. The zero-order chi connectivity index (χ0) is 7.78. The van der Waals surface area contributed by atoms with Gasteiger partial charge in [-0.1, -0.05) is 0 Å². The number of ether oxygens (including phenoxy) is 1. The van der Waals surface area contributed by atoms with E-state index >= 15 is 0 Å². The van der Waals surface area contributed by atoms with Crippen molar-refractivity contribution >= 4 is 5.97 Å². The van der Waals surface area contributed by atoms with Crippen molar-refractivity contribution in [1.29, 1.82) is 0 Å². The van der Waals surface area contributed by atoms with Crippen LogP contribution in [0.1, 0.15) is 20.3 Å². The molecule has 58 valence electrons. The molecule has 0 radical (unpaired) electrons. The van der Waals surface area contributed by atoms with Crippen molar-refractivity contribution in [1.82, 2.24) is 5.32 Å². The van der Waals surface area contributed by atoms with Gasteiger partial charge in [0, 0.05) is 6.42 Å². The second kappa shape index (κ2) is 2.23. The third-order valence-corrected chi connectivity index (χ3v) is 1.71. The SMILES string of the molecule is CN[C@@H]1CC(C)(C)OC1=O. The average molecular weight is 143 g/mol. The summed E-state index contributed by atoms with van der Waals surface area (Å²) in [7, 11) is 1.77. The maximum Gasteiger partial charge on any atom is 0.323 e. The molecule has 0 aliphatic carbocycles. The Kier molecular flexibility index (Phi) is 1.68. The van der Waals surface area contributed by atoms with E-state index in [-0.39, 0.29) is 17.6 Å². The van der Waals surface area contributed by atoms with Crippen LogP contribution in [0.4, 0.5) is 0 Å². The van der Waals surface area contributed by atoms with E-state index in [1.165, 1.54) is 0 Å². The number of rotatable bonds is 1. The Balaban J connectivity index is 2.61. The molecule has 0 spiro atoms. The minimum atomic E-state index is -0.273. The Labute approximate surface area is 60.7 Å². The van der Waals surface area contributed by atoms with Gasteiger partial charge in [-0.3, -0.25) is 4.79 Å². The molecule has 1 rings (SSSR count).